The lowest BCUT2D eigenvalue weighted by molar-refractivity contribution is 0.0960. The van der Waals surface area contributed by atoms with Gasteiger partial charge in [0.15, 0.2) is 0 Å². The summed E-state index contributed by atoms with van der Waals surface area (Å²) in [5.74, 6) is -0.197. The fourth-order valence-corrected chi connectivity index (χ4v) is 3.93. The van der Waals surface area contributed by atoms with Gasteiger partial charge in [-0.25, -0.2) is 4.98 Å². The van der Waals surface area contributed by atoms with Crippen LogP contribution in [0.15, 0.2) is 41.3 Å². The fraction of sp³-hybridized carbons (Fsp3) is 0.125. The minimum Gasteiger partial charge on any atom is -0.273 e. The van der Waals surface area contributed by atoms with Gasteiger partial charge in [0, 0.05) is 4.90 Å². The first-order valence-electron chi connectivity index (χ1n) is 6.85. The number of thioether (sulfide) groups is 1. The van der Waals surface area contributed by atoms with Crippen LogP contribution in [-0.2, 0) is 0 Å². The van der Waals surface area contributed by atoms with Crippen LogP contribution in [-0.4, -0.2) is 17.1 Å². The van der Waals surface area contributed by atoms with Crippen molar-refractivity contribution < 1.29 is 4.79 Å². The molecule has 0 saturated heterocycles. The van der Waals surface area contributed by atoms with Crippen LogP contribution in [0.1, 0.15) is 15.9 Å². The number of amides is 1. The van der Waals surface area contributed by atoms with Crippen LogP contribution in [0.5, 0.6) is 0 Å². The van der Waals surface area contributed by atoms with Crippen molar-refractivity contribution in [2.75, 3.05) is 11.7 Å². The van der Waals surface area contributed by atoms with Gasteiger partial charge in [-0.05, 0) is 36.9 Å². The van der Waals surface area contributed by atoms with E-state index in [4.69, 9.17) is 11.6 Å². The number of aromatic nitrogens is 1. The molecule has 0 bridgehead atoms. The van der Waals surface area contributed by atoms with Crippen LogP contribution in [0.4, 0.5) is 5.13 Å². The highest BCUT2D eigenvalue weighted by molar-refractivity contribution is 7.98. The minimum absolute atomic E-state index is 0.197. The van der Waals surface area contributed by atoms with Gasteiger partial charge in [-0.15, -0.1) is 11.8 Å². The number of hydrogen-bond acceptors (Lipinski definition) is 5. The number of aryl methyl sites for hydroxylation is 1. The van der Waals surface area contributed by atoms with Crippen molar-refractivity contribution in [1.82, 2.24) is 10.4 Å². The molecule has 0 radical (unpaired) electrons. The summed E-state index contributed by atoms with van der Waals surface area (Å²) in [6.07, 6.45) is 1.94. The van der Waals surface area contributed by atoms with E-state index in [1.165, 1.54) is 23.1 Å². The third-order valence-electron chi connectivity index (χ3n) is 3.33. The molecule has 4 nitrogen and oxygen atoms in total. The van der Waals surface area contributed by atoms with E-state index in [0.29, 0.717) is 15.7 Å². The fourth-order valence-electron chi connectivity index (χ4n) is 2.17. The Kier molecular flexibility index (Phi) is 4.75. The maximum Gasteiger partial charge on any atom is 0.270 e. The summed E-state index contributed by atoms with van der Waals surface area (Å²) in [6.45, 7) is 1.98. The molecular formula is C16H14ClN3OS2. The Morgan fingerprint density at radius 2 is 2.04 bits per heavy atom. The third-order valence-corrected chi connectivity index (χ3v) is 5.56. The molecule has 23 heavy (non-hydrogen) atoms. The molecule has 0 fully saturated rings. The van der Waals surface area contributed by atoms with Crippen molar-refractivity contribution in [3.05, 3.63) is 52.5 Å². The van der Waals surface area contributed by atoms with Gasteiger partial charge in [-0.2, -0.15) is 0 Å². The van der Waals surface area contributed by atoms with Gasteiger partial charge >= 0.3 is 0 Å². The molecule has 2 aromatic carbocycles. The highest BCUT2D eigenvalue weighted by Crippen LogP contribution is 2.33. The number of hydrazine groups is 1. The summed E-state index contributed by atoms with van der Waals surface area (Å²) in [7, 11) is 0. The van der Waals surface area contributed by atoms with Gasteiger partial charge in [0.05, 0.1) is 20.8 Å². The third kappa shape index (κ3) is 3.29. The average molecular weight is 364 g/mol. The predicted octanol–water partition coefficient (Wildman–Crippen LogP) is 4.74. The SMILES string of the molecule is CSc1ccccc1C(=O)NNc1nc2c(C)ccc(Cl)c2s1. The zero-order valence-corrected chi connectivity index (χ0v) is 14.9. The van der Waals surface area contributed by atoms with Crippen molar-refractivity contribution in [3.63, 3.8) is 0 Å². The standard InChI is InChI=1S/C16H14ClN3OS2/c1-9-7-8-11(17)14-13(9)18-16(23-14)20-19-15(21)10-5-3-4-6-12(10)22-2/h3-8H,1-2H3,(H,18,20)(H,19,21). The topological polar surface area (TPSA) is 54.0 Å². The average Bonchev–Trinajstić information content (AvgIpc) is 3.01. The highest BCUT2D eigenvalue weighted by atomic mass is 35.5. The second-order valence-corrected chi connectivity index (χ2v) is 7.09. The van der Waals surface area contributed by atoms with Crippen LogP contribution in [0.2, 0.25) is 5.02 Å². The smallest absolute Gasteiger partial charge is 0.270 e. The summed E-state index contributed by atoms with van der Waals surface area (Å²) >= 11 is 9.14. The Balaban J connectivity index is 1.79. The van der Waals surface area contributed by atoms with Gasteiger partial charge in [-0.1, -0.05) is 41.1 Å². The predicted molar refractivity (Wildman–Crippen MR) is 98.7 cm³/mol. The van der Waals surface area contributed by atoms with E-state index >= 15 is 0 Å². The molecule has 0 aliphatic carbocycles. The van der Waals surface area contributed by atoms with Gasteiger partial charge < -0.3 is 0 Å². The van der Waals surface area contributed by atoms with E-state index in [2.05, 4.69) is 15.8 Å². The molecule has 2 N–H and O–H groups in total. The molecule has 1 amide bonds. The van der Waals surface area contributed by atoms with E-state index in [1.54, 1.807) is 6.07 Å². The van der Waals surface area contributed by atoms with E-state index in [9.17, 15) is 4.79 Å². The van der Waals surface area contributed by atoms with Crippen molar-refractivity contribution >= 4 is 56.0 Å². The van der Waals surface area contributed by atoms with Crippen molar-refractivity contribution in [1.29, 1.82) is 0 Å². The molecule has 118 valence electrons. The molecule has 1 aromatic heterocycles. The number of fused-ring (bicyclic) bond motifs is 1. The van der Waals surface area contributed by atoms with Gasteiger partial charge in [0.2, 0.25) is 5.13 Å². The monoisotopic (exact) mass is 363 g/mol. The first-order valence-corrected chi connectivity index (χ1v) is 9.27. The normalized spacial score (nSPS) is 10.7. The van der Waals surface area contributed by atoms with E-state index in [-0.39, 0.29) is 5.91 Å². The Bertz CT molecular complexity index is 840. The maximum absolute atomic E-state index is 12.3. The van der Waals surface area contributed by atoms with Crippen LogP contribution >= 0.6 is 34.7 Å². The number of benzene rings is 2. The van der Waals surface area contributed by atoms with E-state index in [0.717, 1.165) is 20.7 Å². The summed E-state index contributed by atoms with van der Waals surface area (Å²) in [6, 6.07) is 11.3. The lowest BCUT2D eigenvalue weighted by atomic mass is 10.2. The number of halogens is 1. The largest absolute Gasteiger partial charge is 0.273 e. The van der Waals surface area contributed by atoms with Crippen molar-refractivity contribution in [2.24, 2.45) is 0 Å². The van der Waals surface area contributed by atoms with E-state index in [1.807, 2.05) is 43.5 Å². The zero-order valence-electron chi connectivity index (χ0n) is 12.5. The molecule has 0 aliphatic heterocycles. The van der Waals surface area contributed by atoms with Crippen LogP contribution in [0.3, 0.4) is 0 Å². The van der Waals surface area contributed by atoms with Gasteiger partial charge in [0.1, 0.15) is 0 Å². The molecule has 0 atom stereocenters. The Morgan fingerprint density at radius 3 is 2.78 bits per heavy atom. The Labute approximate surface area is 147 Å². The number of rotatable bonds is 4. The van der Waals surface area contributed by atoms with Crippen LogP contribution < -0.4 is 10.9 Å². The van der Waals surface area contributed by atoms with Crippen molar-refractivity contribution in [2.45, 2.75) is 11.8 Å². The summed E-state index contributed by atoms with van der Waals surface area (Å²) < 4.78 is 0.910. The van der Waals surface area contributed by atoms with Crippen LogP contribution in [0, 0.1) is 6.92 Å². The molecule has 3 aromatic rings. The second-order valence-electron chi connectivity index (χ2n) is 4.84. The first-order chi connectivity index (χ1) is 11.1. The molecule has 1 heterocycles. The minimum atomic E-state index is -0.197. The lowest BCUT2D eigenvalue weighted by Crippen LogP contribution is -2.29. The first kappa shape index (κ1) is 16.1. The quantitative estimate of drug-likeness (QED) is 0.519. The van der Waals surface area contributed by atoms with Crippen molar-refractivity contribution in [3.8, 4) is 0 Å². The molecular weight excluding hydrogens is 350 g/mol. The molecule has 7 heteroatoms. The lowest BCUT2D eigenvalue weighted by Gasteiger charge is -2.08. The molecule has 0 aliphatic rings. The number of hydrogen-bond donors (Lipinski definition) is 2. The summed E-state index contributed by atoms with van der Waals surface area (Å²) in [5, 5.41) is 1.27. The number of carbonyl (C=O) groups is 1. The number of carbonyl (C=O) groups excluding carboxylic acids is 1. The summed E-state index contributed by atoms with van der Waals surface area (Å²) in [5.41, 5.74) is 8.10. The molecule has 3 rings (SSSR count). The highest BCUT2D eigenvalue weighted by Gasteiger charge is 2.12. The Hall–Kier alpha value is -1.76. The molecule has 0 saturated carbocycles. The number of thiazole rings is 1. The maximum atomic E-state index is 12.3. The number of nitrogens with one attached hydrogen (secondary N) is 2. The number of nitrogens with zero attached hydrogens (tertiary/aromatic N) is 1. The zero-order chi connectivity index (χ0) is 16.4. The van der Waals surface area contributed by atoms with E-state index < -0.39 is 0 Å². The molecule has 0 unspecified atom stereocenters. The summed E-state index contributed by atoms with van der Waals surface area (Å²) in [4.78, 5) is 17.7. The van der Waals surface area contributed by atoms with Gasteiger partial charge in [0.25, 0.3) is 5.91 Å². The van der Waals surface area contributed by atoms with Gasteiger partial charge in [-0.3, -0.25) is 15.6 Å². The molecule has 0 spiro atoms. The second kappa shape index (κ2) is 6.78. The Morgan fingerprint density at radius 1 is 1.26 bits per heavy atom. The number of anilines is 1. The van der Waals surface area contributed by atoms with Crippen LogP contribution in [0.25, 0.3) is 10.2 Å².